The van der Waals surface area contributed by atoms with Gasteiger partial charge in [-0.3, -0.25) is 9.36 Å². The van der Waals surface area contributed by atoms with Gasteiger partial charge >= 0.3 is 11.7 Å². The van der Waals surface area contributed by atoms with Gasteiger partial charge in [0.15, 0.2) is 0 Å². The van der Waals surface area contributed by atoms with Gasteiger partial charge < -0.3 is 20.3 Å². The van der Waals surface area contributed by atoms with Crippen molar-refractivity contribution in [1.29, 1.82) is 0 Å². The van der Waals surface area contributed by atoms with E-state index in [9.17, 15) is 14.7 Å². The van der Waals surface area contributed by atoms with Gasteiger partial charge in [0.1, 0.15) is 12.0 Å². The molecule has 0 radical (unpaired) electrons. The largest absolute Gasteiger partial charge is 0.465 e. The summed E-state index contributed by atoms with van der Waals surface area (Å²) in [5, 5.41) is 9.43. The molecule has 0 bridgehead atoms. The number of carbonyl (C=O) groups is 1. The van der Waals surface area contributed by atoms with Gasteiger partial charge in [0.2, 0.25) is 0 Å². The number of carbonyl (C=O) groups excluding carboxylic acids is 1. The lowest BCUT2D eigenvalue weighted by atomic mass is 10.0. The van der Waals surface area contributed by atoms with E-state index in [1.165, 1.54) is 16.8 Å². The van der Waals surface area contributed by atoms with E-state index in [1.54, 1.807) is 0 Å². The Hall–Kier alpha value is -1.93. The monoisotopic (exact) mass is 325 g/mol. The van der Waals surface area contributed by atoms with E-state index < -0.39 is 18.0 Å². The summed E-state index contributed by atoms with van der Waals surface area (Å²) in [5.41, 5.74) is 4.96. The van der Waals surface area contributed by atoms with E-state index in [0.717, 1.165) is 12.8 Å². The number of hydrogen-bond donors (Lipinski definition) is 2. The summed E-state index contributed by atoms with van der Waals surface area (Å²) in [4.78, 5) is 27.1. The topological polar surface area (TPSA) is 117 Å². The number of esters is 1. The Morgan fingerprint density at radius 3 is 3.04 bits per heavy atom. The molecule has 2 rings (SSSR count). The zero-order chi connectivity index (χ0) is 16.8. The Labute approximate surface area is 134 Å². The maximum atomic E-state index is 11.9. The normalized spacial score (nSPS) is 23.8. The number of nitrogens with two attached hydrogens (primary N) is 1. The molecule has 8 nitrogen and oxygen atoms in total. The molecule has 1 saturated heterocycles. The van der Waals surface area contributed by atoms with E-state index in [2.05, 4.69) is 4.98 Å². The summed E-state index contributed by atoms with van der Waals surface area (Å²) in [7, 11) is 0. The fraction of sp³-hybridized carbons (Fsp3) is 0.667. The summed E-state index contributed by atoms with van der Waals surface area (Å²) < 4.78 is 12.3. The zero-order valence-electron chi connectivity index (χ0n) is 13.2. The second-order valence-electron chi connectivity index (χ2n) is 5.64. The number of unbranched alkanes of at least 4 members (excludes halogenated alkanes) is 1. The van der Waals surface area contributed by atoms with Gasteiger partial charge in [-0.2, -0.15) is 4.98 Å². The quantitative estimate of drug-likeness (QED) is 0.699. The third kappa shape index (κ3) is 4.52. The second-order valence-corrected chi connectivity index (χ2v) is 5.64. The van der Waals surface area contributed by atoms with E-state index in [4.69, 9.17) is 15.2 Å². The van der Waals surface area contributed by atoms with Crippen LogP contribution in [0, 0.1) is 5.92 Å². The third-order valence-electron chi connectivity index (χ3n) is 3.90. The Kier molecular flexibility index (Phi) is 6.12. The highest BCUT2D eigenvalue weighted by molar-refractivity contribution is 5.69. The van der Waals surface area contributed by atoms with E-state index in [-0.39, 0.29) is 30.9 Å². The van der Waals surface area contributed by atoms with Crippen molar-refractivity contribution in [3.63, 3.8) is 0 Å². The molecule has 1 aromatic heterocycles. The molecule has 0 aliphatic carbocycles. The second kappa shape index (κ2) is 8.07. The molecule has 0 saturated carbocycles. The van der Waals surface area contributed by atoms with Crippen molar-refractivity contribution in [2.45, 2.75) is 44.9 Å². The minimum atomic E-state index is -0.549. The molecule has 0 aromatic carbocycles. The molecule has 3 N–H and O–H groups in total. The van der Waals surface area contributed by atoms with Crippen molar-refractivity contribution in [3.8, 4) is 0 Å². The average molecular weight is 325 g/mol. The summed E-state index contributed by atoms with van der Waals surface area (Å²) in [6.07, 6.45) is 3.04. The van der Waals surface area contributed by atoms with Crippen LogP contribution in [0.15, 0.2) is 17.1 Å². The summed E-state index contributed by atoms with van der Waals surface area (Å²) in [5.74, 6) is -0.275. The molecular weight excluding hydrogens is 302 g/mol. The van der Waals surface area contributed by atoms with Gasteiger partial charge in [0.25, 0.3) is 0 Å². The lowest BCUT2D eigenvalue weighted by Crippen LogP contribution is -2.28. The Bertz CT molecular complexity index is 589. The highest BCUT2D eigenvalue weighted by Crippen LogP contribution is 2.32. The molecular formula is C15H23N3O5. The molecule has 1 aliphatic rings. The molecule has 0 spiro atoms. The molecule has 0 amide bonds. The zero-order valence-corrected chi connectivity index (χ0v) is 13.2. The van der Waals surface area contributed by atoms with Crippen molar-refractivity contribution >= 4 is 11.8 Å². The van der Waals surface area contributed by atoms with Gasteiger partial charge in [-0.1, -0.05) is 13.3 Å². The Morgan fingerprint density at radius 2 is 2.39 bits per heavy atom. The lowest BCUT2D eigenvalue weighted by Gasteiger charge is -2.15. The number of hydrogen-bond acceptors (Lipinski definition) is 7. The summed E-state index contributed by atoms with van der Waals surface area (Å²) in [6.45, 7) is 1.97. The van der Waals surface area contributed by atoms with Crippen LogP contribution in [0.3, 0.4) is 0 Å². The first-order valence-electron chi connectivity index (χ1n) is 7.81. The smallest absolute Gasteiger partial charge is 0.351 e. The van der Waals surface area contributed by atoms with Crippen molar-refractivity contribution in [1.82, 2.24) is 9.55 Å². The number of nitrogen functional groups attached to an aromatic ring is 1. The van der Waals surface area contributed by atoms with Gasteiger partial charge in [-0.25, -0.2) is 4.79 Å². The number of anilines is 1. The van der Waals surface area contributed by atoms with Crippen LogP contribution in [-0.4, -0.2) is 39.9 Å². The first-order chi connectivity index (χ1) is 11.0. The molecule has 1 fully saturated rings. The fourth-order valence-corrected chi connectivity index (χ4v) is 2.56. The summed E-state index contributed by atoms with van der Waals surface area (Å²) in [6, 6.07) is 1.51. The van der Waals surface area contributed by atoms with Crippen LogP contribution in [0.2, 0.25) is 0 Å². The first-order valence-corrected chi connectivity index (χ1v) is 7.81. The highest BCUT2D eigenvalue weighted by Gasteiger charge is 2.37. The minimum absolute atomic E-state index is 0.143. The van der Waals surface area contributed by atoms with Crippen molar-refractivity contribution in [2.75, 3.05) is 18.9 Å². The number of rotatable bonds is 7. The van der Waals surface area contributed by atoms with Crippen LogP contribution >= 0.6 is 0 Å². The molecule has 2 heterocycles. The fourth-order valence-electron chi connectivity index (χ4n) is 2.56. The van der Waals surface area contributed by atoms with Gasteiger partial charge in [-0.05, 0) is 12.5 Å². The number of ether oxygens (including phenoxy) is 2. The maximum absolute atomic E-state index is 11.9. The summed E-state index contributed by atoms with van der Waals surface area (Å²) >= 11 is 0. The lowest BCUT2D eigenvalue weighted by molar-refractivity contribution is -0.146. The predicted octanol–water partition coefficient (Wildman–Crippen LogP) is 0.455. The molecule has 1 aromatic rings. The van der Waals surface area contributed by atoms with Crippen LogP contribution in [0.5, 0.6) is 0 Å². The standard InChI is InChI=1S/C15H23N3O5/c1-2-3-4-14(20)22-9-10-7-13(23-11(10)8-19)18-6-5-12(16)17-15(18)21/h5-6,10-11,13,19H,2-4,7-9H2,1H3,(H2,16,17,21)/t10-,11-,13-/m1/s1. The van der Waals surface area contributed by atoms with Crippen LogP contribution in [0.4, 0.5) is 5.82 Å². The highest BCUT2D eigenvalue weighted by atomic mass is 16.5. The molecule has 23 heavy (non-hydrogen) atoms. The van der Waals surface area contributed by atoms with E-state index in [0.29, 0.717) is 12.8 Å². The van der Waals surface area contributed by atoms with Gasteiger partial charge in [0.05, 0.1) is 19.3 Å². The first kappa shape index (κ1) is 17.4. The molecule has 1 aliphatic heterocycles. The van der Waals surface area contributed by atoms with E-state index >= 15 is 0 Å². The number of aliphatic hydroxyl groups is 1. The number of nitrogens with zero attached hydrogens (tertiary/aromatic N) is 2. The van der Waals surface area contributed by atoms with Crippen LogP contribution in [-0.2, 0) is 14.3 Å². The van der Waals surface area contributed by atoms with Gasteiger partial charge in [-0.15, -0.1) is 0 Å². The number of aromatic nitrogens is 2. The van der Waals surface area contributed by atoms with E-state index in [1.807, 2.05) is 6.92 Å². The molecule has 3 atom stereocenters. The SMILES string of the molecule is CCCCC(=O)OC[C@H]1C[C@H](n2ccc(N)nc2=O)O[C@@H]1CO. The van der Waals surface area contributed by atoms with Crippen LogP contribution in [0.25, 0.3) is 0 Å². The van der Waals surface area contributed by atoms with Crippen LogP contribution < -0.4 is 11.4 Å². The maximum Gasteiger partial charge on any atom is 0.351 e. The number of aliphatic hydroxyl groups excluding tert-OH is 1. The molecule has 0 unspecified atom stereocenters. The van der Waals surface area contributed by atoms with Crippen LogP contribution in [0.1, 0.15) is 38.8 Å². The Balaban J connectivity index is 1.97. The average Bonchev–Trinajstić information content (AvgIpc) is 2.93. The minimum Gasteiger partial charge on any atom is -0.465 e. The Morgan fingerprint density at radius 1 is 1.61 bits per heavy atom. The van der Waals surface area contributed by atoms with Crippen molar-refractivity contribution in [3.05, 3.63) is 22.7 Å². The molecule has 128 valence electrons. The van der Waals surface area contributed by atoms with Crippen molar-refractivity contribution in [2.24, 2.45) is 5.92 Å². The van der Waals surface area contributed by atoms with Crippen molar-refractivity contribution < 1.29 is 19.4 Å². The predicted molar refractivity (Wildman–Crippen MR) is 82.5 cm³/mol. The third-order valence-corrected chi connectivity index (χ3v) is 3.90. The van der Waals surface area contributed by atoms with Gasteiger partial charge in [0, 0.05) is 25.0 Å². The molecule has 8 heteroatoms.